The third-order valence-corrected chi connectivity index (χ3v) is 2.53. The Balaban J connectivity index is 0.00000128. The highest BCUT2D eigenvalue weighted by atomic mass is 14.0. The fraction of sp³-hybridized carbons (Fsp3) is 0.125. The molecule has 2 aromatic carbocycles. The standard InChI is InChI=1S/C15H14.CH4/c1-3-13-6-10-15(11-7-13)14-8-4-12(2)5-9-14;/h3-11H,1H2,2H3;1H4. The molecule has 0 N–H and O–H groups in total. The van der Waals surface area contributed by atoms with Gasteiger partial charge in [-0.25, -0.2) is 0 Å². The van der Waals surface area contributed by atoms with Crippen molar-refractivity contribution in [1.29, 1.82) is 0 Å². The minimum atomic E-state index is 0. The maximum absolute atomic E-state index is 3.74. The van der Waals surface area contributed by atoms with Gasteiger partial charge < -0.3 is 0 Å². The van der Waals surface area contributed by atoms with Gasteiger partial charge in [0.15, 0.2) is 0 Å². The average Bonchev–Trinajstić information content (AvgIpc) is 2.30. The molecule has 0 aromatic heterocycles. The fourth-order valence-electron chi connectivity index (χ4n) is 1.56. The number of rotatable bonds is 2. The maximum atomic E-state index is 3.74. The minimum absolute atomic E-state index is 0. The normalized spacial score (nSPS) is 9.31. The van der Waals surface area contributed by atoms with Crippen LogP contribution in [0, 0.1) is 6.92 Å². The van der Waals surface area contributed by atoms with E-state index in [1.54, 1.807) is 0 Å². The molecule has 0 saturated carbocycles. The van der Waals surface area contributed by atoms with Crippen molar-refractivity contribution in [3.05, 3.63) is 66.2 Å². The zero-order valence-electron chi connectivity index (χ0n) is 8.90. The van der Waals surface area contributed by atoms with Crippen LogP contribution >= 0.6 is 0 Å². The molecule has 0 aliphatic rings. The lowest BCUT2D eigenvalue weighted by atomic mass is 10.0. The first-order valence-electron chi connectivity index (χ1n) is 5.09. The number of aryl methyl sites for hydroxylation is 1. The molecule has 0 heteroatoms. The van der Waals surface area contributed by atoms with E-state index in [2.05, 4.69) is 62.0 Å². The van der Waals surface area contributed by atoms with Crippen LogP contribution in [-0.2, 0) is 0 Å². The van der Waals surface area contributed by atoms with Gasteiger partial charge in [0.25, 0.3) is 0 Å². The topological polar surface area (TPSA) is 0 Å². The van der Waals surface area contributed by atoms with E-state index in [1.807, 2.05) is 6.08 Å². The van der Waals surface area contributed by atoms with Gasteiger partial charge in [-0.05, 0) is 23.6 Å². The van der Waals surface area contributed by atoms with Gasteiger partial charge in [-0.1, -0.05) is 74.2 Å². The van der Waals surface area contributed by atoms with Gasteiger partial charge in [-0.3, -0.25) is 0 Å². The zero-order valence-corrected chi connectivity index (χ0v) is 8.90. The average molecular weight is 210 g/mol. The minimum Gasteiger partial charge on any atom is -0.0985 e. The predicted molar refractivity (Wildman–Crippen MR) is 73.4 cm³/mol. The van der Waals surface area contributed by atoms with E-state index in [0.29, 0.717) is 0 Å². The first-order chi connectivity index (χ1) is 7.29. The van der Waals surface area contributed by atoms with Crippen molar-refractivity contribution in [2.24, 2.45) is 0 Å². The molecule has 82 valence electrons. The Hall–Kier alpha value is -1.82. The van der Waals surface area contributed by atoms with Crippen molar-refractivity contribution in [3.8, 4) is 11.1 Å². The lowest BCUT2D eigenvalue weighted by Gasteiger charge is -2.02. The lowest BCUT2D eigenvalue weighted by molar-refractivity contribution is 1.47. The quantitative estimate of drug-likeness (QED) is 0.658. The van der Waals surface area contributed by atoms with Crippen LogP contribution in [0.3, 0.4) is 0 Å². The van der Waals surface area contributed by atoms with Crippen molar-refractivity contribution >= 4 is 6.08 Å². The van der Waals surface area contributed by atoms with Crippen LogP contribution in [-0.4, -0.2) is 0 Å². The highest BCUT2D eigenvalue weighted by Gasteiger charge is 1.96. The molecule has 0 nitrogen and oxygen atoms in total. The van der Waals surface area contributed by atoms with E-state index in [1.165, 1.54) is 16.7 Å². The molecule has 0 atom stereocenters. The largest absolute Gasteiger partial charge is 0.0985 e. The van der Waals surface area contributed by atoms with Crippen molar-refractivity contribution in [2.45, 2.75) is 14.4 Å². The molecule has 0 unspecified atom stereocenters. The maximum Gasteiger partial charge on any atom is -0.0184 e. The summed E-state index contributed by atoms with van der Waals surface area (Å²) in [6.45, 7) is 5.85. The summed E-state index contributed by atoms with van der Waals surface area (Å²) < 4.78 is 0. The summed E-state index contributed by atoms with van der Waals surface area (Å²) in [5, 5.41) is 0. The van der Waals surface area contributed by atoms with Gasteiger partial charge in [0.1, 0.15) is 0 Å². The third kappa shape index (κ3) is 2.60. The Morgan fingerprint density at radius 3 is 1.69 bits per heavy atom. The highest BCUT2D eigenvalue weighted by molar-refractivity contribution is 5.65. The van der Waals surface area contributed by atoms with Crippen LogP contribution in [0.5, 0.6) is 0 Å². The van der Waals surface area contributed by atoms with Gasteiger partial charge in [-0.15, -0.1) is 0 Å². The second-order valence-corrected chi connectivity index (χ2v) is 3.69. The van der Waals surface area contributed by atoms with E-state index in [0.717, 1.165) is 5.56 Å². The highest BCUT2D eigenvalue weighted by Crippen LogP contribution is 2.20. The van der Waals surface area contributed by atoms with Crippen molar-refractivity contribution in [2.75, 3.05) is 0 Å². The third-order valence-electron chi connectivity index (χ3n) is 2.53. The Morgan fingerprint density at radius 1 is 0.812 bits per heavy atom. The predicted octanol–water partition coefficient (Wildman–Crippen LogP) is 4.94. The SMILES string of the molecule is C.C=Cc1ccc(-c2ccc(C)cc2)cc1. The Bertz CT molecular complexity index is 446. The van der Waals surface area contributed by atoms with Gasteiger partial charge in [0.2, 0.25) is 0 Å². The Kier molecular flexibility index (Phi) is 4.07. The summed E-state index contributed by atoms with van der Waals surface area (Å²) in [4.78, 5) is 0. The molecule has 0 amide bonds. The van der Waals surface area contributed by atoms with E-state index < -0.39 is 0 Å². The van der Waals surface area contributed by atoms with E-state index in [9.17, 15) is 0 Å². The molecular formula is C16H18. The number of benzene rings is 2. The van der Waals surface area contributed by atoms with Gasteiger partial charge in [0.05, 0.1) is 0 Å². The first-order valence-corrected chi connectivity index (χ1v) is 5.09. The van der Waals surface area contributed by atoms with Crippen LogP contribution in [0.4, 0.5) is 0 Å². The summed E-state index contributed by atoms with van der Waals surface area (Å²) in [5.41, 5.74) is 4.96. The van der Waals surface area contributed by atoms with Gasteiger partial charge in [0, 0.05) is 0 Å². The monoisotopic (exact) mass is 210 g/mol. The van der Waals surface area contributed by atoms with E-state index in [4.69, 9.17) is 0 Å². The van der Waals surface area contributed by atoms with Crippen molar-refractivity contribution in [3.63, 3.8) is 0 Å². The fourth-order valence-corrected chi connectivity index (χ4v) is 1.56. The first kappa shape index (κ1) is 12.3. The smallest absolute Gasteiger partial charge is 0.0184 e. The molecule has 0 aliphatic carbocycles. The van der Waals surface area contributed by atoms with Crippen LogP contribution in [0.15, 0.2) is 55.1 Å². The molecule has 0 radical (unpaired) electrons. The molecule has 0 bridgehead atoms. The molecule has 0 saturated heterocycles. The molecule has 0 aliphatic heterocycles. The second kappa shape index (κ2) is 5.32. The summed E-state index contributed by atoms with van der Waals surface area (Å²) in [6, 6.07) is 17.0. The summed E-state index contributed by atoms with van der Waals surface area (Å²) >= 11 is 0. The van der Waals surface area contributed by atoms with E-state index >= 15 is 0 Å². The second-order valence-electron chi connectivity index (χ2n) is 3.69. The molecule has 16 heavy (non-hydrogen) atoms. The number of hydrogen-bond donors (Lipinski definition) is 0. The van der Waals surface area contributed by atoms with Crippen LogP contribution < -0.4 is 0 Å². The Labute approximate surface area is 98.3 Å². The van der Waals surface area contributed by atoms with Crippen molar-refractivity contribution < 1.29 is 0 Å². The number of hydrogen-bond acceptors (Lipinski definition) is 0. The lowest BCUT2D eigenvalue weighted by Crippen LogP contribution is -1.78. The molecular weight excluding hydrogens is 192 g/mol. The van der Waals surface area contributed by atoms with Crippen molar-refractivity contribution in [1.82, 2.24) is 0 Å². The molecule has 0 fully saturated rings. The van der Waals surface area contributed by atoms with Crippen LogP contribution in [0.2, 0.25) is 0 Å². The summed E-state index contributed by atoms with van der Waals surface area (Å²) in [7, 11) is 0. The van der Waals surface area contributed by atoms with E-state index in [-0.39, 0.29) is 7.43 Å². The zero-order chi connectivity index (χ0) is 10.7. The molecule has 2 rings (SSSR count). The van der Waals surface area contributed by atoms with Gasteiger partial charge >= 0.3 is 0 Å². The summed E-state index contributed by atoms with van der Waals surface area (Å²) in [6.07, 6.45) is 1.86. The molecule has 0 heterocycles. The molecule has 0 spiro atoms. The van der Waals surface area contributed by atoms with Crippen LogP contribution in [0.25, 0.3) is 17.2 Å². The van der Waals surface area contributed by atoms with Crippen LogP contribution in [0.1, 0.15) is 18.6 Å². The van der Waals surface area contributed by atoms with Gasteiger partial charge in [-0.2, -0.15) is 0 Å². The Morgan fingerprint density at radius 2 is 1.25 bits per heavy atom. The summed E-state index contributed by atoms with van der Waals surface area (Å²) in [5.74, 6) is 0. The molecule has 2 aromatic rings.